The van der Waals surface area contributed by atoms with Gasteiger partial charge < -0.3 is 5.32 Å². The highest BCUT2D eigenvalue weighted by molar-refractivity contribution is 5.94. The van der Waals surface area contributed by atoms with Gasteiger partial charge in [0.05, 0.1) is 12.1 Å². The Morgan fingerprint density at radius 2 is 2.26 bits per heavy atom. The summed E-state index contributed by atoms with van der Waals surface area (Å²) in [5, 5.41) is 6.82. The van der Waals surface area contributed by atoms with Crippen LogP contribution in [0.15, 0.2) is 36.7 Å². The van der Waals surface area contributed by atoms with Gasteiger partial charge in [-0.25, -0.2) is 4.39 Å². The Labute approximate surface area is 111 Å². The van der Waals surface area contributed by atoms with Gasteiger partial charge in [-0.05, 0) is 31.5 Å². The molecule has 1 N–H and O–H groups in total. The Bertz CT molecular complexity index is 566. The summed E-state index contributed by atoms with van der Waals surface area (Å²) in [6, 6.07) is 6.48. The molecule has 1 aromatic carbocycles. The van der Waals surface area contributed by atoms with E-state index in [2.05, 4.69) is 10.4 Å². The number of rotatable bonds is 4. The highest BCUT2D eigenvalue weighted by Gasteiger charge is 2.15. The molecule has 0 bridgehead atoms. The van der Waals surface area contributed by atoms with Gasteiger partial charge in [-0.3, -0.25) is 9.48 Å². The Balaban J connectivity index is 2.02. The summed E-state index contributed by atoms with van der Waals surface area (Å²) in [6.45, 7) is 4.04. The molecule has 1 aromatic heterocycles. The second kappa shape index (κ2) is 5.65. The molecule has 0 saturated carbocycles. The van der Waals surface area contributed by atoms with Crippen LogP contribution in [0.3, 0.4) is 0 Å². The van der Waals surface area contributed by atoms with Crippen LogP contribution in [-0.4, -0.2) is 21.7 Å². The molecule has 0 aliphatic heterocycles. The topological polar surface area (TPSA) is 46.9 Å². The van der Waals surface area contributed by atoms with Gasteiger partial charge in [-0.2, -0.15) is 5.10 Å². The van der Waals surface area contributed by atoms with Crippen molar-refractivity contribution in [3.63, 3.8) is 0 Å². The standard InChI is InChI=1S/C14H16FN3O/c1-10-5-3-6-12(13(10)15)14(19)17-11(2)9-18-8-4-7-16-18/h3-8,11H,9H2,1-2H3,(H,17,19). The van der Waals surface area contributed by atoms with E-state index in [1.54, 1.807) is 29.9 Å². The van der Waals surface area contributed by atoms with Crippen molar-refractivity contribution in [1.82, 2.24) is 15.1 Å². The lowest BCUT2D eigenvalue weighted by molar-refractivity contribution is 0.0931. The van der Waals surface area contributed by atoms with Crippen LogP contribution in [0.4, 0.5) is 4.39 Å². The first-order valence-corrected chi connectivity index (χ1v) is 6.11. The van der Waals surface area contributed by atoms with Crippen molar-refractivity contribution >= 4 is 5.91 Å². The largest absolute Gasteiger partial charge is 0.348 e. The molecule has 2 aromatic rings. The van der Waals surface area contributed by atoms with Gasteiger partial charge in [-0.15, -0.1) is 0 Å². The molecule has 19 heavy (non-hydrogen) atoms. The average molecular weight is 261 g/mol. The van der Waals surface area contributed by atoms with E-state index in [0.717, 1.165) is 0 Å². The number of nitrogens with one attached hydrogen (secondary N) is 1. The lowest BCUT2D eigenvalue weighted by Crippen LogP contribution is -2.36. The number of halogens is 1. The number of hydrogen-bond acceptors (Lipinski definition) is 2. The van der Waals surface area contributed by atoms with Crippen LogP contribution >= 0.6 is 0 Å². The van der Waals surface area contributed by atoms with Crippen LogP contribution in [0.2, 0.25) is 0 Å². The summed E-state index contributed by atoms with van der Waals surface area (Å²) in [5.74, 6) is -0.868. The highest BCUT2D eigenvalue weighted by Crippen LogP contribution is 2.11. The summed E-state index contributed by atoms with van der Waals surface area (Å²) in [5.41, 5.74) is 0.541. The predicted molar refractivity (Wildman–Crippen MR) is 70.3 cm³/mol. The number of carbonyl (C=O) groups is 1. The molecule has 0 aliphatic rings. The molecule has 2 rings (SSSR count). The Morgan fingerprint density at radius 3 is 2.95 bits per heavy atom. The van der Waals surface area contributed by atoms with E-state index in [9.17, 15) is 9.18 Å². The first-order chi connectivity index (χ1) is 9.08. The zero-order valence-electron chi connectivity index (χ0n) is 10.9. The minimum absolute atomic E-state index is 0.0762. The molecular formula is C14H16FN3O. The van der Waals surface area contributed by atoms with Crippen LogP contribution in [0.5, 0.6) is 0 Å². The second-order valence-electron chi connectivity index (χ2n) is 4.54. The van der Waals surface area contributed by atoms with Crippen LogP contribution in [-0.2, 0) is 6.54 Å². The van der Waals surface area contributed by atoms with Crippen molar-refractivity contribution in [2.45, 2.75) is 26.4 Å². The maximum atomic E-state index is 13.8. The molecule has 1 atom stereocenters. The maximum Gasteiger partial charge on any atom is 0.254 e. The maximum absolute atomic E-state index is 13.8. The number of aryl methyl sites for hydroxylation is 1. The number of carbonyl (C=O) groups excluding carboxylic acids is 1. The molecule has 1 amide bonds. The fourth-order valence-corrected chi connectivity index (χ4v) is 1.86. The van der Waals surface area contributed by atoms with Crippen molar-refractivity contribution in [2.75, 3.05) is 0 Å². The molecule has 1 heterocycles. The third-order valence-corrected chi connectivity index (χ3v) is 2.83. The zero-order chi connectivity index (χ0) is 13.8. The van der Waals surface area contributed by atoms with E-state index in [4.69, 9.17) is 0 Å². The SMILES string of the molecule is Cc1cccc(C(=O)NC(C)Cn2cccn2)c1F. The minimum Gasteiger partial charge on any atom is -0.348 e. The van der Waals surface area contributed by atoms with E-state index < -0.39 is 11.7 Å². The van der Waals surface area contributed by atoms with Crippen LogP contribution in [0.25, 0.3) is 0 Å². The summed E-state index contributed by atoms with van der Waals surface area (Å²) in [6.07, 6.45) is 3.49. The Hall–Kier alpha value is -2.17. The van der Waals surface area contributed by atoms with E-state index >= 15 is 0 Å². The number of benzene rings is 1. The van der Waals surface area contributed by atoms with Gasteiger partial charge in [0, 0.05) is 18.4 Å². The van der Waals surface area contributed by atoms with Crippen LogP contribution in [0.1, 0.15) is 22.8 Å². The third-order valence-electron chi connectivity index (χ3n) is 2.83. The zero-order valence-corrected chi connectivity index (χ0v) is 10.9. The van der Waals surface area contributed by atoms with Gasteiger partial charge in [0.25, 0.3) is 5.91 Å². The monoisotopic (exact) mass is 261 g/mol. The van der Waals surface area contributed by atoms with E-state index in [1.165, 1.54) is 6.07 Å². The molecular weight excluding hydrogens is 245 g/mol. The minimum atomic E-state index is -0.466. The molecule has 5 heteroatoms. The first kappa shape index (κ1) is 13.3. The Morgan fingerprint density at radius 1 is 1.47 bits per heavy atom. The summed E-state index contributed by atoms with van der Waals surface area (Å²) in [4.78, 5) is 12.0. The van der Waals surface area contributed by atoms with Gasteiger partial charge >= 0.3 is 0 Å². The molecule has 100 valence electrons. The second-order valence-corrected chi connectivity index (χ2v) is 4.54. The molecule has 0 spiro atoms. The first-order valence-electron chi connectivity index (χ1n) is 6.11. The number of aromatic nitrogens is 2. The average Bonchev–Trinajstić information content (AvgIpc) is 2.85. The van der Waals surface area contributed by atoms with E-state index in [1.807, 2.05) is 19.2 Å². The van der Waals surface area contributed by atoms with E-state index in [0.29, 0.717) is 12.1 Å². The quantitative estimate of drug-likeness (QED) is 0.916. The molecule has 0 fully saturated rings. The van der Waals surface area contributed by atoms with Crippen molar-refractivity contribution in [1.29, 1.82) is 0 Å². The summed E-state index contributed by atoms with van der Waals surface area (Å²) < 4.78 is 15.5. The third kappa shape index (κ3) is 3.19. The van der Waals surface area contributed by atoms with Gasteiger partial charge in [0.1, 0.15) is 5.82 Å². The van der Waals surface area contributed by atoms with Crippen molar-refractivity contribution < 1.29 is 9.18 Å². The molecule has 4 nitrogen and oxygen atoms in total. The number of hydrogen-bond donors (Lipinski definition) is 1. The lowest BCUT2D eigenvalue weighted by Gasteiger charge is -2.14. The lowest BCUT2D eigenvalue weighted by atomic mass is 10.1. The van der Waals surface area contributed by atoms with Gasteiger partial charge in [-0.1, -0.05) is 12.1 Å². The molecule has 0 radical (unpaired) electrons. The molecule has 0 saturated heterocycles. The normalized spacial score (nSPS) is 12.2. The number of amides is 1. The van der Waals surface area contributed by atoms with Crippen LogP contribution < -0.4 is 5.32 Å². The summed E-state index contributed by atoms with van der Waals surface area (Å²) >= 11 is 0. The van der Waals surface area contributed by atoms with Gasteiger partial charge in [0.2, 0.25) is 0 Å². The number of nitrogens with zero attached hydrogens (tertiary/aromatic N) is 2. The van der Waals surface area contributed by atoms with E-state index in [-0.39, 0.29) is 11.6 Å². The predicted octanol–water partition coefficient (Wildman–Crippen LogP) is 2.15. The Kier molecular flexibility index (Phi) is 3.94. The van der Waals surface area contributed by atoms with Crippen molar-refractivity contribution in [3.05, 3.63) is 53.6 Å². The fraction of sp³-hybridized carbons (Fsp3) is 0.286. The van der Waals surface area contributed by atoms with Gasteiger partial charge in [0.15, 0.2) is 0 Å². The fourth-order valence-electron chi connectivity index (χ4n) is 1.86. The highest BCUT2D eigenvalue weighted by atomic mass is 19.1. The summed E-state index contributed by atoms with van der Waals surface area (Å²) in [7, 11) is 0. The van der Waals surface area contributed by atoms with Crippen LogP contribution in [0, 0.1) is 12.7 Å². The molecule has 0 aliphatic carbocycles. The molecule has 1 unspecified atom stereocenters. The van der Waals surface area contributed by atoms with Crippen molar-refractivity contribution in [3.8, 4) is 0 Å². The van der Waals surface area contributed by atoms with Crippen molar-refractivity contribution in [2.24, 2.45) is 0 Å². The smallest absolute Gasteiger partial charge is 0.254 e.